The van der Waals surface area contributed by atoms with Crippen LogP contribution in [0.3, 0.4) is 0 Å². The van der Waals surface area contributed by atoms with Gasteiger partial charge < -0.3 is 11.1 Å². The second-order valence-electron chi connectivity index (χ2n) is 5.38. The van der Waals surface area contributed by atoms with Crippen molar-refractivity contribution in [3.05, 3.63) is 77.9 Å². The highest BCUT2D eigenvalue weighted by Gasteiger charge is 2.11. The van der Waals surface area contributed by atoms with E-state index in [4.69, 9.17) is 18.0 Å². The third kappa shape index (κ3) is 3.81. The minimum absolute atomic E-state index is 0.0897. The Labute approximate surface area is 149 Å². The molecule has 4 N–H and O–H groups in total. The first-order valence-corrected chi connectivity index (χ1v) is 7.95. The summed E-state index contributed by atoms with van der Waals surface area (Å²) in [6, 6.07) is 19.9. The fourth-order valence-corrected chi connectivity index (χ4v) is 2.67. The van der Waals surface area contributed by atoms with Crippen molar-refractivity contribution in [2.24, 2.45) is 5.73 Å². The molecule has 5 nitrogen and oxygen atoms in total. The smallest absolute Gasteiger partial charge is 0.257 e. The van der Waals surface area contributed by atoms with Crippen LogP contribution in [0.1, 0.15) is 20.7 Å². The van der Waals surface area contributed by atoms with Crippen LogP contribution in [0.5, 0.6) is 0 Å². The highest BCUT2D eigenvalue weighted by molar-refractivity contribution is 7.80. The number of hydrogen-bond acceptors (Lipinski definition) is 3. The molecular weight excluding hydrogens is 334 g/mol. The highest BCUT2D eigenvalue weighted by Crippen LogP contribution is 2.16. The van der Waals surface area contributed by atoms with Gasteiger partial charge >= 0.3 is 0 Å². The number of hydrogen-bond donors (Lipinski definition) is 3. The van der Waals surface area contributed by atoms with Gasteiger partial charge in [0.25, 0.3) is 11.8 Å². The summed E-state index contributed by atoms with van der Waals surface area (Å²) in [7, 11) is 0. The van der Waals surface area contributed by atoms with Crippen molar-refractivity contribution in [2.75, 3.05) is 5.32 Å². The van der Waals surface area contributed by atoms with E-state index in [1.807, 2.05) is 30.3 Å². The Morgan fingerprint density at radius 1 is 0.880 bits per heavy atom. The van der Waals surface area contributed by atoms with E-state index in [1.165, 1.54) is 0 Å². The molecule has 0 saturated carbocycles. The Kier molecular flexibility index (Phi) is 4.72. The fraction of sp³-hybridized carbons (Fsp3) is 0. The molecule has 0 atom stereocenters. The van der Waals surface area contributed by atoms with E-state index in [0.717, 1.165) is 10.8 Å². The van der Waals surface area contributed by atoms with Crippen LogP contribution in [-0.4, -0.2) is 16.9 Å². The number of nitrogens with two attached hydrogens (primary N) is 1. The molecule has 3 rings (SSSR count). The molecule has 3 aromatic rings. The van der Waals surface area contributed by atoms with Crippen LogP contribution in [0.2, 0.25) is 0 Å². The molecular formula is C19H15N3O2S. The number of carbonyl (C=O) groups excluding carboxylic acids is 2. The zero-order valence-electron chi connectivity index (χ0n) is 13.2. The van der Waals surface area contributed by atoms with Crippen LogP contribution in [0.4, 0.5) is 5.69 Å². The molecule has 0 aliphatic carbocycles. The van der Waals surface area contributed by atoms with Crippen LogP contribution in [-0.2, 0) is 0 Å². The standard InChI is InChI=1S/C19H15N3O2S/c20-17(23)15-7-3-4-8-16(15)21-19(25)22-18(24)14-10-9-12-5-1-2-6-13(12)11-14/h1-11H,(H2,20,23)(H2,21,22,24,25). The van der Waals surface area contributed by atoms with Crippen molar-refractivity contribution in [2.45, 2.75) is 0 Å². The third-order valence-corrected chi connectivity index (χ3v) is 3.88. The number of thiocarbonyl (C=S) groups is 1. The van der Waals surface area contributed by atoms with Crippen LogP contribution in [0.25, 0.3) is 10.8 Å². The second-order valence-corrected chi connectivity index (χ2v) is 5.79. The van der Waals surface area contributed by atoms with Crippen LogP contribution in [0.15, 0.2) is 66.7 Å². The topological polar surface area (TPSA) is 84.2 Å². The molecule has 3 aromatic carbocycles. The molecule has 0 spiro atoms. The minimum Gasteiger partial charge on any atom is -0.366 e. The predicted molar refractivity (Wildman–Crippen MR) is 103 cm³/mol. The minimum atomic E-state index is -0.577. The molecule has 0 aliphatic heterocycles. The number of benzene rings is 3. The summed E-state index contributed by atoms with van der Waals surface area (Å²) in [5.74, 6) is -0.911. The van der Waals surface area contributed by atoms with Gasteiger partial charge in [0, 0.05) is 5.56 Å². The molecule has 0 fully saturated rings. The summed E-state index contributed by atoms with van der Waals surface area (Å²) in [5, 5.41) is 7.54. The van der Waals surface area contributed by atoms with Gasteiger partial charge in [-0.05, 0) is 47.3 Å². The van der Waals surface area contributed by atoms with E-state index < -0.39 is 5.91 Å². The van der Waals surface area contributed by atoms with Crippen molar-refractivity contribution in [1.82, 2.24) is 5.32 Å². The number of anilines is 1. The van der Waals surface area contributed by atoms with E-state index in [9.17, 15) is 9.59 Å². The summed E-state index contributed by atoms with van der Waals surface area (Å²) >= 11 is 5.16. The summed E-state index contributed by atoms with van der Waals surface area (Å²) in [5.41, 5.74) is 6.56. The normalized spacial score (nSPS) is 10.2. The molecule has 124 valence electrons. The number of carbonyl (C=O) groups is 2. The first-order chi connectivity index (χ1) is 12.0. The Hall–Kier alpha value is -3.25. The Morgan fingerprint density at radius 3 is 2.32 bits per heavy atom. The van der Waals surface area contributed by atoms with Crippen molar-refractivity contribution >= 4 is 45.6 Å². The fourth-order valence-electron chi connectivity index (χ4n) is 2.47. The Morgan fingerprint density at radius 2 is 1.56 bits per heavy atom. The predicted octanol–water partition coefficient (Wildman–Crippen LogP) is 3.07. The lowest BCUT2D eigenvalue weighted by molar-refractivity contribution is 0.0975. The van der Waals surface area contributed by atoms with E-state index in [1.54, 1.807) is 36.4 Å². The van der Waals surface area contributed by atoms with Crippen LogP contribution in [0, 0.1) is 0 Å². The van der Waals surface area contributed by atoms with Gasteiger partial charge in [-0.1, -0.05) is 42.5 Å². The maximum atomic E-state index is 12.4. The van der Waals surface area contributed by atoms with Crippen molar-refractivity contribution in [1.29, 1.82) is 0 Å². The molecule has 2 amide bonds. The van der Waals surface area contributed by atoms with Gasteiger partial charge in [-0.3, -0.25) is 14.9 Å². The van der Waals surface area contributed by atoms with Crippen LogP contribution >= 0.6 is 12.2 Å². The largest absolute Gasteiger partial charge is 0.366 e. The van der Waals surface area contributed by atoms with Gasteiger partial charge in [-0.15, -0.1) is 0 Å². The van der Waals surface area contributed by atoms with Gasteiger partial charge in [0.1, 0.15) is 0 Å². The molecule has 0 unspecified atom stereocenters. The summed E-state index contributed by atoms with van der Waals surface area (Å²) in [4.78, 5) is 23.8. The molecule has 0 bridgehead atoms. The van der Waals surface area contributed by atoms with Gasteiger partial charge in [0.15, 0.2) is 5.11 Å². The molecule has 6 heteroatoms. The van der Waals surface area contributed by atoms with Gasteiger partial charge in [0.05, 0.1) is 11.3 Å². The SMILES string of the molecule is NC(=O)c1ccccc1NC(=S)NC(=O)c1ccc2ccccc2c1. The van der Waals surface area contributed by atoms with Gasteiger partial charge in [-0.2, -0.15) is 0 Å². The van der Waals surface area contributed by atoms with E-state index in [-0.39, 0.29) is 11.0 Å². The zero-order valence-corrected chi connectivity index (χ0v) is 14.0. The summed E-state index contributed by atoms with van der Waals surface area (Å²) < 4.78 is 0. The molecule has 0 aliphatic rings. The first-order valence-electron chi connectivity index (χ1n) is 7.54. The monoisotopic (exact) mass is 349 g/mol. The maximum Gasteiger partial charge on any atom is 0.257 e. The van der Waals surface area contributed by atoms with Crippen LogP contribution < -0.4 is 16.4 Å². The average Bonchev–Trinajstić information content (AvgIpc) is 2.61. The second kappa shape index (κ2) is 7.11. The van der Waals surface area contributed by atoms with Gasteiger partial charge in [-0.25, -0.2) is 0 Å². The number of para-hydroxylation sites is 1. The molecule has 0 heterocycles. The maximum absolute atomic E-state index is 12.4. The summed E-state index contributed by atoms with van der Waals surface area (Å²) in [6.07, 6.45) is 0. The van der Waals surface area contributed by atoms with Crippen molar-refractivity contribution in [3.63, 3.8) is 0 Å². The van der Waals surface area contributed by atoms with Crippen molar-refractivity contribution in [3.8, 4) is 0 Å². The zero-order chi connectivity index (χ0) is 17.8. The molecule has 0 saturated heterocycles. The molecule has 25 heavy (non-hydrogen) atoms. The quantitative estimate of drug-likeness (QED) is 0.635. The first kappa shape index (κ1) is 16.6. The molecule has 0 radical (unpaired) electrons. The highest BCUT2D eigenvalue weighted by atomic mass is 32.1. The number of rotatable bonds is 3. The number of fused-ring (bicyclic) bond motifs is 1. The molecule has 0 aromatic heterocycles. The number of nitrogens with one attached hydrogen (secondary N) is 2. The van der Waals surface area contributed by atoms with Gasteiger partial charge in [0.2, 0.25) is 0 Å². The Bertz CT molecular complexity index is 985. The van der Waals surface area contributed by atoms with E-state index >= 15 is 0 Å². The number of amides is 2. The van der Waals surface area contributed by atoms with Crippen molar-refractivity contribution < 1.29 is 9.59 Å². The lowest BCUT2D eigenvalue weighted by atomic mass is 10.1. The number of primary amides is 1. The third-order valence-electron chi connectivity index (χ3n) is 3.68. The summed E-state index contributed by atoms with van der Waals surface area (Å²) in [6.45, 7) is 0. The lowest BCUT2D eigenvalue weighted by Crippen LogP contribution is -2.34. The Balaban J connectivity index is 1.74. The van der Waals surface area contributed by atoms with E-state index in [2.05, 4.69) is 10.6 Å². The lowest BCUT2D eigenvalue weighted by Gasteiger charge is -2.12. The van der Waals surface area contributed by atoms with E-state index in [0.29, 0.717) is 16.8 Å². The average molecular weight is 349 g/mol.